The van der Waals surface area contributed by atoms with Gasteiger partial charge in [0, 0.05) is 6.61 Å². The third kappa shape index (κ3) is 4.06. The molecule has 0 radical (unpaired) electrons. The molecule has 0 bridgehead atoms. The molecule has 1 heterocycles. The standard InChI is InChI=1S/C8H16O4S/c1-2-12-13(9,10)7-8-4-3-5-11-6-8/h8H,2-7H2,1H3. The predicted octanol–water partition coefficient (Wildman–Crippen LogP) is 0.779. The first kappa shape index (κ1) is 10.9. The Morgan fingerprint density at radius 2 is 2.31 bits per heavy atom. The van der Waals surface area contributed by atoms with E-state index in [2.05, 4.69) is 4.18 Å². The van der Waals surface area contributed by atoms with Gasteiger partial charge in [-0.2, -0.15) is 8.42 Å². The van der Waals surface area contributed by atoms with Gasteiger partial charge in [0.1, 0.15) is 0 Å². The molecule has 78 valence electrons. The van der Waals surface area contributed by atoms with Crippen molar-refractivity contribution in [1.29, 1.82) is 0 Å². The molecule has 0 amide bonds. The molecule has 0 aromatic carbocycles. The third-order valence-electron chi connectivity index (χ3n) is 1.99. The van der Waals surface area contributed by atoms with Crippen molar-refractivity contribution in [2.45, 2.75) is 19.8 Å². The lowest BCUT2D eigenvalue weighted by Crippen LogP contribution is -2.26. The molecule has 1 unspecified atom stereocenters. The topological polar surface area (TPSA) is 52.6 Å². The zero-order chi connectivity index (χ0) is 9.73. The molecule has 0 N–H and O–H groups in total. The Hall–Kier alpha value is -0.130. The van der Waals surface area contributed by atoms with E-state index in [0.717, 1.165) is 19.4 Å². The lowest BCUT2D eigenvalue weighted by Gasteiger charge is -2.21. The molecule has 0 aromatic rings. The summed E-state index contributed by atoms with van der Waals surface area (Å²) in [5.74, 6) is 0.214. The summed E-state index contributed by atoms with van der Waals surface area (Å²) < 4.78 is 32.3. The average Bonchev–Trinajstić information content (AvgIpc) is 2.04. The minimum atomic E-state index is -3.31. The average molecular weight is 208 g/mol. The van der Waals surface area contributed by atoms with Crippen molar-refractivity contribution in [3.63, 3.8) is 0 Å². The lowest BCUT2D eigenvalue weighted by atomic mass is 10.1. The van der Waals surface area contributed by atoms with Crippen LogP contribution in [0, 0.1) is 5.92 Å². The number of hydrogen-bond acceptors (Lipinski definition) is 4. The van der Waals surface area contributed by atoms with Gasteiger partial charge in [0.2, 0.25) is 0 Å². The maximum Gasteiger partial charge on any atom is 0.267 e. The summed E-state index contributed by atoms with van der Waals surface area (Å²) in [5, 5.41) is 0. The van der Waals surface area contributed by atoms with E-state index in [4.69, 9.17) is 4.74 Å². The zero-order valence-electron chi connectivity index (χ0n) is 7.86. The molecule has 1 atom stereocenters. The summed E-state index contributed by atoms with van der Waals surface area (Å²) in [6.45, 7) is 3.20. The summed E-state index contributed by atoms with van der Waals surface area (Å²) in [6.07, 6.45) is 1.87. The normalized spacial score (nSPS) is 24.5. The van der Waals surface area contributed by atoms with E-state index >= 15 is 0 Å². The van der Waals surface area contributed by atoms with Crippen molar-refractivity contribution in [1.82, 2.24) is 0 Å². The van der Waals surface area contributed by atoms with Gasteiger partial charge in [0.05, 0.1) is 19.0 Å². The Bertz CT molecular complexity index is 229. The molecule has 1 fully saturated rings. The molecule has 13 heavy (non-hydrogen) atoms. The van der Waals surface area contributed by atoms with Crippen molar-refractivity contribution in [3.8, 4) is 0 Å². The third-order valence-corrected chi connectivity index (χ3v) is 3.47. The van der Waals surface area contributed by atoms with E-state index in [1.54, 1.807) is 6.92 Å². The summed E-state index contributed by atoms with van der Waals surface area (Å²) in [7, 11) is -3.31. The van der Waals surface area contributed by atoms with Crippen molar-refractivity contribution >= 4 is 10.1 Å². The molecule has 1 rings (SSSR count). The second-order valence-electron chi connectivity index (χ2n) is 3.21. The fraction of sp³-hybridized carbons (Fsp3) is 1.00. The Labute approximate surface area is 79.3 Å². The van der Waals surface area contributed by atoms with E-state index in [1.165, 1.54) is 0 Å². The van der Waals surface area contributed by atoms with Crippen LogP contribution in [0.5, 0.6) is 0 Å². The largest absolute Gasteiger partial charge is 0.381 e. The van der Waals surface area contributed by atoms with Gasteiger partial charge in [-0.05, 0) is 25.7 Å². The molecule has 5 heteroatoms. The van der Waals surface area contributed by atoms with E-state index in [0.29, 0.717) is 6.61 Å². The van der Waals surface area contributed by atoms with Gasteiger partial charge in [-0.1, -0.05) is 0 Å². The minimum absolute atomic E-state index is 0.0981. The van der Waals surface area contributed by atoms with Crippen molar-refractivity contribution in [2.24, 2.45) is 5.92 Å². The van der Waals surface area contributed by atoms with Crippen molar-refractivity contribution in [3.05, 3.63) is 0 Å². The highest BCUT2D eigenvalue weighted by molar-refractivity contribution is 7.86. The first-order chi connectivity index (χ1) is 6.14. The molecule has 0 aliphatic carbocycles. The molecule has 4 nitrogen and oxygen atoms in total. The monoisotopic (exact) mass is 208 g/mol. The van der Waals surface area contributed by atoms with Gasteiger partial charge in [0.25, 0.3) is 10.1 Å². The zero-order valence-corrected chi connectivity index (χ0v) is 8.68. The fourth-order valence-corrected chi connectivity index (χ4v) is 2.75. The first-order valence-corrected chi connectivity index (χ1v) is 6.16. The quantitative estimate of drug-likeness (QED) is 0.641. The lowest BCUT2D eigenvalue weighted by molar-refractivity contribution is 0.0618. The van der Waals surface area contributed by atoms with E-state index in [-0.39, 0.29) is 18.3 Å². The molecule has 1 aliphatic heterocycles. The van der Waals surface area contributed by atoms with Gasteiger partial charge in [-0.15, -0.1) is 0 Å². The van der Waals surface area contributed by atoms with E-state index in [9.17, 15) is 8.42 Å². The fourth-order valence-electron chi connectivity index (χ4n) is 1.46. The summed E-state index contributed by atoms with van der Waals surface area (Å²) in [5.41, 5.74) is 0. The Balaban J connectivity index is 2.37. The van der Waals surface area contributed by atoms with Crippen LogP contribution in [0.4, 0.5) is 0 Å². The highest BCUT2D eigenvalue weighted by Crippen LogP contribution is 2.16. The van der Waals surface area contributed by atoms with Crippen LogP contribution in [0.1, 0.15) is 19.8 Å². The number of ether oxygens (including phenoxy) is 1. The van der Waals surface area contributed by atoms with Gasteiger partial charge in [-0.3, -0.25) is 4.18 Å². The highest BCUT2D eigenvalue weighted by Gasteiger charge is 2.21. The smallest absolute Gasteiger partial charge is 0.267 e. The summed E-state index contributed by atoms with van der Waals surface area (Å²) in [4.78, 5) is 0. The molecular formula is C8H16O4S. The van der Waals surface area contributed by atoms with E-state index in [1.807, 2.05) is 0 Å². The first-order valence-electron chi connectivity index (χ1n) is 4.59. The molecule has 1 aliphatic rings. The number of hydrogen-bond donors (Lipinski definition) is 0. The maximum absolute atomic E-state index is 11.2. The second-order valence-corrected chi connectivity index (χ2v) is 4.90. The molecule has 0 saturated carbocycles. The SMILES string of the molecule is CCOS(=O)(=O)CC1CCCOC1. The molecule has 0 spiro atoms. The van der Waals surface area contributed by atoms with Crippen LogP contribution < -0.4 is 0 Å². The summed E-state index contributed by atoms with van der Waals surface area (Å²) >= 11 is 0. The second kappa shape index (κ2) is 4.93. The van der Waals surface area contributed by atoms with Crippen LogP contribution in [0.15, 0.2) is 0 Å². The van der Waals surface area contributed by atoms with Gasteiger partial charge >= 0.3 is 0 Å². The van der Waals surface area contributed by atoms with Crippen LogP contribution in [0.25, 0.3) is 0 Å². The Morgan fingerprint density at radius 1 is 1.54 bits per heavy atom. The molecule has 1 saturated heterocycles. The minimum Gasteiger partial charge on any atom is -0.381 e. The van der Waals surface area contributed by atoms with Crippen LogP contribution in [-0.2, 0) is 19.0 Å². The highest BCUT2D eigenvalue weighted by atomic mass is 32.2. The van der Waals surface area contributed by atoms with E-state index < -0.39 is 10.1 Å². The van der Waals surface area contributed by atoms with Gasteiger partial charge in [-0.25, -0.2) is 0 Å². The van der Waals surface area contributed by atoms with Gasteiger partial charge < -0.3 is 4.74 Å². The predicted molar refractivity (Wildman–Crippen MR) is 49.0 cm³/mol. The Morgan fingerprint density at radius 3 is 2.85 bits per heavy atom. The van der Waals surface area contributed by atoms with Crippen LogP contribution in [0.2, 0.25) is 0 Å². The van der Waals surface area contributed by atoms with Crippen molar-refractivity contribution < 1.29 is 17.3 Å². The van der Waals surface area contributed by atoms with Crippen LogP contribution >= 0.6 is 0 Å². The van der Waals surface area contributed by atoms with Gasteiger partial charge in [0.15, 0.2) is 0 Å². The number of rotatable bonds is 4. The summed E-state index contributed by atoms with van der Waals surface area (Å²) in [6, 6.07) is 0. The molecule has 0 aromatic heterocycles. The Kier molecular flexibility index (Phi) is 4.15. The van der Waals surface area contributed by atoms with Crippen LogP contribution in [0.3, 0.4) is 0 Å². The molecular weight excluding hydrogens is 192 g/mol. The van der Waals surface area contributed by atoms with Crippen LogP contribution in [-0.4, -0.2) is 34.0 Å². The van der Waals surface area contributed by atoms with Crippen molar-refractivity contribution in [2.75, 3.05) is 25.6 Å². The maximum atomic E-state index is 11.2.